The van der Waals surface area contributed by atoms with Gasteiger partial charge in [0.15, 0.2) is 9.84 Å². The number of sulfone groups is 1. The van der Waals surface area contributed by atoms with E-state index >= 15 is 0 Å². The number of hydrogen-bond donors (Lipinski definition) is 0. The summed E-state index contributed by atoms with van der Waals surface area (Å²) in [5.74, 6) is 0. The number of halogens is 2. The number of rotatable bonds is 5. The van der Waals surface area contributed by atoms with Gasteiger partial charge in [-0.2, -0.15) is 0 Å². The Kier molecular flexibility index (Phi) is 6.36. The van der Waals surface area contributed by atoms with Crippen molar-refractivity contribution < 1.29 is 8.42 Å². The molecule has 1 aromatic heterocycles. The summed E-state index contributed by atoms with van der Waals surface area (Å²) >= 11 is 12.1. The first-order valence-corrected chi connectivity index (χ1v) is 13.6. The fourth-order valence-electron chi connectivity index (χ4n) is 4.28. The Morgan fingerprint density at radius 1 is 0.886 bits per heavy atom. The highest BCUT2D eigenvalue weighted by Gasteiger charge is 2.32. The second kappa shape index (κ2) is 9.46. The maximum absolute atomic E-state index is 12.5. The maximum Gasteiger partial charge on any atom is 0.222 e. The molecule has 1 atom stereocenters. The Morgan fingerprint density at radius 2 is 1.57 bits per heavy atom. The Morgan fingerprint density at radius 3 is 2.26 bits per heavy atom. The zero-order valence-corrected chi connectivity index (χ0v) is 21.1. The van der Waals surface area contributed by atoms with Crippen molar-refractivity contribution in [3.63, 3.8) is 0 Å². The second-order valence-corrected chi connectivity index (χ2v) is 11.2. The van der Waals surface area contributed by atoms with Gasteiger partial charge >= 0.3 is 0 Å². The molecule has 0 radical (unpaired) electrons. The predicted molar refractivity (Wildman–Crippen MR) is 142 cm³/mol. The Balaban J connectivity index is 1.55. The van der Waals surface area contributed by atoms with Crippen molar-refractivity contribution >= 4 is 38.7 Å². The molecule has 0 saturated heterocycles. The predicted octanol–water partition coefficient (Wildman–Crippen LogP) is 6.61. The molecular weight excluding hydrogens is 501 g/mol. The Labute approximate surface area is 214 Å². The largest absolute Gasteiger partial charge is 0.355 e. The van der Waals surface area contributed by atoms with Crippen molar-refractivity contribution in [3.8, 4) is 22.4 Å². The number of benzene rings is 3. The molecule has 2 heterocycles. The number of aromatic nitrogens is 2. The van der Waals surface area contributed by atoms with E-state index in [4.69, 9.17) is 23.2 Å². The van der Waals surface area contributed by atoms with Crippen molar-refractivity contribution in [3.05, 3.63) is 112 Å². The highest BCUT2D eigenvalue weighted by molar-refractivity contribution is 7.94. The molecule has 0 amide bonds. The number of para-hydroxylation sites is 1. The first-order valence-electron chi connectivity index (χ1n) is 10.9. The standard InChI is InChI=1S/C27H21Cl2N3O2S/c1-35(33,34)22-16-26(20-10-12-21(28)13-11-20)32(17-22)25-5-3-2-4-23(25)18-6-8-19(9-7-18)24-14-15-30-27(29)31-24/h2-16,26H,17H2,1H3. The summed E-state index contributed by atoms with van der Waals surface area (Å²) in [6.07, 6.45) is 4.72. The maximum atomic E-state index is 12.5. The molecule has 0 spiro atoms. The van der Waals surface area contributed by atoms with Crippen molar-refractivity contribution in [2.24, 2.45) is 0 Å². The van der Waals surface area contributed by atoms with Crippen LogP contribution in [0.1, 0.15) is 11.6 Å². The molecule has 0 fully saturated rings. The van der Waals surface area contributed by atoms with Crippen LogP contribution in [-0.4, -0.2) is 31.2 Å². The number of hydrogen-bond acceptors (Lipinski definition) is 5. The second-order valence-electron chi connectivity index (χ2n) is 8.33. The third-order valence-electron chi connectivity index (χ3n) is 6.02. The van der Waals surface area contributed by atoms with E-state index in [0.717, 1.165) is 33.6 Å². The molecule has 8 heteroatoms. The van der Waals surface area contributed by atoms with Crippen LogP contribution >= 0.6 is 23.2 Å². The van der Waals surface area contributed by atoms with Crippen LogP contribution in [0.2, 0.25) is 10.3 Å². The molecule has 0 bridgehead atoms. The molecule has 1 aliphatic rings. The molecule has 176 valence electrons. The van der Waals surface area contributed by atoms with E-state index in [1.807, 2.05) is 84.9 Å². The first kappa shape index (κ1) is 23.5. The van der Waals surface area contributed by atoms with E-state index in [9.17, 15) is 8.42 Å². The zero-order chi connectivity index (χ0) is 24.6. The summed E-state index contributed by atoms with van der Waals surface area (Å²) in [7, 11) is -3.34. The third kappa shape index (κ3) is 4.96. The highest BCUT2D eigenvalue weighted by Crippen LogP contribution is 2.41. The lowest BCUT2D eigenvalue weighted by Crippen LogP contribution is -2.25. The first-order chi connectivity index (χ1) is 16.8. The van der Waals surface area contributed by atoms with Gasteiger partial charge < -0.3 is 4.90 Å². The Hall–Kier alpha value is -3.19. The lowest BCUT2D eigenvalue weighted by Gasteiger charge is -2.29. The highest BCUT2D eigenvalue weighted by atomic mass is 35.5. The van der Waals surface area contributed by atoms with Gasteiger partial charge in [0.1, 0.15) is 0 Å². The van der Waals surface area contributed by atoms with Gasteiger partial charge in [0.25, 0.3) is 0 Å². The fourth-order valence-corrected chi connectivity index (χ4v) is 5.30. The normalized spacial score (nSPS) is 15.8. The number of nitrogens with zero attached hydrogens (tertiary/aromatic N) is 3. The fraction of sp³-hybridized carbons (Fsp3) is 0.111. The van der Waals surface area contributed by atoms with Crippen LogP contribution in [0.4, 0.5) is 5.69 Å². The molecule has 4 aromatic rings. The van der Waals surface area contributed by atoms with E-state index in [2.05, 4.69) is 14.9 Å². The molecule has 0 saturated carbocycles. The summed E-state index contributed by atoms with van der Waals surface area (Å²) in [5, 5.41) is 0.837. The number of anilines is 1. The Bertz CT molecular complexity index is 1520. The monoisotopic (exact) mass is 521 g/mol. The molecule has 3 aromatic carbocycles. The third-order valence-corrected chi connectivity index (χ3v) is 7.68. The molecule has 0 aliphatic carbocycles. The van der Waals surface area contributed by atoms with Crippen molar-refractivity contribution in [2.75, 3.05) is 17.7 Å². The van der Waals surface area contributed by atoms with Crippen molar-refractivity contribution in [2.45, 2.75) is 6.04 Å². The van der Waals surface area contributed by atoms with E-state index in [1.54, 1.807) is 6.20 Å². The van der Waals surface area contributed by atoms with Crippen LogP contribution in [0.3, 0.4) is 0 Å². The molecule has 1 unspecified atom stereocenters. The van der Waals surface area contributed by atoms with Gasteiger partial charge in [-0.1, -0.05) is 66.2 Å². The molecule has 1 aliphatic heterocycles. The van der Waals surface area contributed by atoms with Crippen LogP contribution in [0.15, 0.2) is 96.0 Å². The van der Waals surface area contributed by atoms with Gasteiger partial charge in [-0.05, 0) is 53.1 Å². The minimum atomic E-state index is -3.34. The molecule has 5 nitrogen and oxygen atoms in total. The topological polar surface area (TPSA) is 63.2 Å². The van der Waals surface area contributed by atoms with Gasteiger partial charge in [0.2, 0.25) is 5.28 Å². The lowest BCUT2D eigenvalue weighted by atomic mass is 9.99. The minimum absolute atomic E-state index is 0.202. The van der Waals surface area contributed by atoms with E-state index in [0.29, 0.717) is 16.5 Å². The van der Waals surface area contributed by atoms with Crippen molar-refractivity contribution in [1.29, 1.82) is 0 Å². The summed E-state index contributed by atoms with van der Waals surface area (Å²) in [4.78, 5) is 10.7. The summed E-state index contributed by atoms with van der Waals surface area (Å²) in [5.41, 5.74) is 5.60. The van der Waals surface area contributed by atoms with Crippen LogP contribution in [0.5, 0.6) is 0 Å². The van der Waals surface area contributed by atoms with Gasteiger partial charge in [-0.3, -0.25) is 0 Å². The van der Waals surface area contributed by atoms with Gasteiger partial charge in [-0.15, -0.1) is 0 Å². The van der Waals surface area contributed by atoms with Gasteiger partial charge in [0, 0.05) is 34.3 Å². The molecular formula is C27H21Cl2N3O2S. The van der Waals surface area contributed by atoms with Gasteiger partial charge in [0.05, 0.1) is 23.2 Å². The lowest BCUT2D eigenvalue weighted by molar-refractivity contribution is 0.607. The van der Waals surface area contributed by atoms with E-state index < -0.39 is 9.84 Å². The average molecular weight is 522 g/mol. The molecule has 35 heavy (non-hydrogen) atoms. The SMILES string of the molecule is CS(=O)(=O)C1=CC(c2ccc(Cl)cc2)N(c2ccccc2-c2ccc(-c3ccnc(Cl)n3)cc2)C1. The van der Waals surface area contributed by atoms with Crippen LogP contribution in [0, 0.1) is 0 Å². The van der Waals surface area contributed by atoms with Gasteiger partial charge in [-0.25, -0.2) is 18.4 Å². The summed E-state index contributed by atoms with van der Waals surface area (Å²) < 4.78 is 24.9. The smallest absolute Gasteiger partial charge is 0.222 e. The summed E-state index contributed by atoms with van der Waals surface area (Å²) in [6.45, 7) is 0.292. The quantitative estimate of drug-likeness (QED) is 0.276. The van der Waals surface area contributed by atoms with Crippen LogP contribution < -0.4 is 4.90 Å². The average Bonchev–Trinajstić information content (AvgIpc) is 3.31. The molecule has 0 N–H and O–H groups in total. The minimum Gasteiger partial charge on any atom is -0.355 e. The van der Waals surface area contributed by atoms with Crippen molar-refractivity contribution in [1.82, 2.24) is 9.97 Å². The van der Waals surface area contributed by atoms with E-state index in [1.165, 1.54) is 6.26 Å². The van der Waals surface area contributed by atoms with Crippen LogP contribution in [-0.2, 0) is 9.84 Å². The zero-order valence-electron chi connectivity index (χ0n) is 18.8. The summed E-state index contributed by atoms with van der Waals surface area (Å²) in [6, 6.07) is 25.2. The van der Waals surface area contributed by atoms with Crippen LogP contribution in [0.25, 0.3) is 22.4 Å². The van der Waals surface area contributed by atoms with E-state index in [-0.39, 0.29) is 11.3 Å². The molecule has 5 rings (SSSR count).